The number of carbonyl (C=O) groups excluding carboxylic acids is 1. The van der Waals surface area contributed by atoms with Gasteiger partial charge in [0.2, 0.25) is 5.91 Å². The number of hydrogen-bond donors (Lipinski definition) is 2. The van der Waals surface area contributed by atoms with Gasteiger partial charge in [-0.2, -0.15) is 0 Å². The lowest BCUT2D eigenvalue weighted by Gasteiger charge is -2.25. The number of aromatic nitrogens is 1. The number of nitrogens with one attached hydrogen (secondary N) is 2. The van der Waals surface area contributed by atoms with Gasteiger partial charge < -0.3 is 9.84 Å². The molecular weight excluding hydrogens is 446 g/mol. The molecule has 0 spiro atoms. The quantitative estimate of drug-likeness (QED) is 0.509. The van der Waals surface area contributed by atoms with Crippen LogP contribution >= 0.6 is 11.3 Å². The number of aryl methyl sites for hydroxylation is 2. The van der Waals surface area contributed by atoms with Crippen LogP contribution in [0.1, 0.15) is 59.7 Å². The van der Waals surface area contributed by atoms with Gasteiger partial charge in [0.25, 0.3) is 10.0 Å². The molecule has 168 valence electrons. The Morgan fingerprint density at radius 3 is 2.88 bits per heavy atom. The van der Waals surface area contributed by atoms with Crippen molar-refractivity contribution in [2.45, 2.75) is 49.8 Å². The molecular formula is C23H25N3O4S2. The third-order valence-corrected chi connectivity index (χ3v) is 8.42. The summed E-state index contributed by atoms with van der Waals surface area (Å²) < 4.78 is 34.4. The molecule has 0 saturated carbocycles. The van der Waals surface area contributed by atoms with Gasteiger partial charge in [-0.1, -0.05) is 36.3 Å². The van der Waals surface area contributed by atoms with Gasteiger partial charge >= 0.3 is 0 Å². The van der Waals surface area contributed by atoms with E-state index in [4.69, 9.17) is 4.52 Å². The fraction of sp³-hybridized carbons (Fsp3) is 0.304. The van der Waals surface area contributed by atoms with Crippen molar-refractivity contribution in [2.75, 3.05) is 5.32 Å². The second kappa shape index (κ2) is 9.40. The molecule has 7 nitrogen and oxygen atoms in total. The number of amides is 1. The predicted octanol–water partition coefficient (Wildman–Crippen LogP) is 4.92. The molecule has 0 fully saturated rings. The third-order valence-electron chi connectivity index (χ3n) is 5.41. The summed E-state index contributed by atoms with van der Waals surface area (Å²) in [5.41, 5.74) is 3.36. The highest BCUT2D eigenvalue weighted by atomic mass is 32.2. The molecule has 2 aromatic heterocycles. The van der Waals surface area contributed by atoms with Crippen molar-refractivity contribution in [3.8, 4) is 0 Å². The standard InChI is InChI=1S/C23H25N3O4S2/c1-3-21(27)24-23-15(2)25-30-20(23)13-11-17-12-14-22(31-17)32(28,29)26-19-10-6-8-16-7-4-5-9-18(16)19/h4-5,7,9,11-14,19,26H,3,6,8,10H2,1-2H3,(H,24,27). The zero-order valence-corrected chi connectivity index (χ0v) is 19.6. The maximum absolute atomic E-state index is 13.0. The smallest absolute Gasteiger partial charge is 0.250 e. The van der Waals surface area contributed by atoms with Gasteiger partial charge in [-0.05, 0) is 61.6 Å². The van der Waals surface area contributed by atoms with Crippen molar-refractivity contribution in [1.82, 2.24) is 9.88 Å². The maximum Gasteiger partial charge on any atom is 0.250 e. The van der Waals surface area contributed by atoms with Crippen LogP contribution in [-0.2, 0) is 21.2 Å². The minimum absolute atomic E-state index is 0.134. The van der Waals surface area contributed by atoms with E-state index in [1.54, 1.807) is 38.1 Å². The van der Waals surface area contributed by atoms with Crippen LogP contribution in [0.25, 0.3) is 12.2 Å². The second-order valence-corrected chi connectivity index (χ2v) is 10.7. The monoisotopic (exact) mass is 471 g/mol. The molecule has 2 heterocycles. The summed E-state index contributed by atoms with van der Waals surface area (Å²) in [6, 6.07) is 11.1. The van der Waals surface area contributed by atoms with Gasteiger partial charge in [0.1, 0.15) is 15.6 Å². The Balaban J connectivity index is 1.50. The Hall–Kier alpha value is -2.75. The molecule has 0 saturated heterocycles. The van der Waals surface area contributed by atoms with E-state index in [0.717, 1.165) is 29.7 Å². The molecule has 1 aliphatic rings. The predicted molar refractivity (Wildman–Crippen MR) is 126 cm³/mol. The van der Waals surface area contributed by atoms with Crippen LogP contribution in [0.15, 0.2) is 45.1 Å². The minimum Gasteiger partial charge on any atom is -0.354 e. The summed E-state index contributed by atoms with van der Waals surface area (Å²) in [7, 11) is -3.65. The van der Waals surface area contributed by atoms with Crippen LogP contribution in [0.5, 0.6) is 0 Å². The number of fused-ring (bicyclic) bond motifs is 1. The van der Waals surface area contributed by atoms with E-state index in [9.17, 15) is 13.2 Å². The average molecular weight is 472 g/mol. The zero-order chi connectivity index (χ0) is 22.7. The number of sulfonamides is 1. The Kier molecular flexibility index (Phi) is 6.59. The van der Waals surface area contributed by atoms with E-state index >= 15 is 0 Å². The molecule has 1 aromatic carbocycles. The Bertz CT molecular complexity index is 1260. The lowest BCUT2D eigenvalue weighted by molar-refractivity contribution is -0.115. The molecule has 1 amide bonds. The molecule has 3 aromatic rings. The average Bonchev–Trinajstić information content (AvgIpc) is 3.40. The summed E-state index contributed by atoms with van der Waals surface area (Å²) >= 11 is 1.17. The Labute approximate surface area is 191 Å². The normalized spacial score (nSPS) is 16.2. The minimum atomic E-state index is -3.65. The molecule has 9 heteroatoms. The fourth-order valence-corrected chi connectivity index (χ4v) is 6.22. The highest BCUT2D eigenvalue weighted by Gasteiger charge is 2.26. The first-order valence-electron chi connectivity index (χ1n) is 10.5. The topological polar surface area (TPSA) is 101 Å². The lowest BCUT2D eigenvalue weighted by Crippen LogP contribution is -2.30. The molecule has 0 aliphatic heterocycles. The number of hydrogen-bond acceptors (Lipinski definition) is 6. The lowest BCUT2D eigenvalue weighted by atomic mass is 9.88. The number of thiophene rings is 1. The fourth-order valence-electron chi connectivity index (χ4n) is 3.73. The van der Waals surface area contributed by atoms with Crippen molar-refractivity contribution in [3.05, 3.63) is 63.9 Å². The second-order valence-electron chi connectivity index (χ2n) is 7.66. The summed E-state index contributed by atoms with van der Waals surface area (Å²) in [5.74, 6) is 0.282. The first-order valence-corrected chi connectivity index (χ1v) is 12.8. The number of rotatable bonds is 7. The number of carbonyl (C=O) groups is 1. The van der Waals surface area contributed by atoms with E-state index in [1.807, 2.05) is 18.2 Å². The largest absolute Gasteiger partial charge is 0.354 e. The molecule has 32 heavy (non-hydrogen) atoms. The third kappa shape index (κ3) is 4.85. The molecule has 1 unspecified atom stereocenters. The van der Waals surface area contributed by atoms with Gasteiger partial charge in [0, 0.05) is 17.3 Å². The van der Waals surface area contributed by atoms with E-state index in [2.05, 4.69) is 21.3 Å². The Morgan fingerprint density at radius 1 is 1.25 bits per heavy atom. The van der Waals surface area contributed by atoms with Crippen LogP contribution < -0.4 is 10.0 Å². The van der Waals surface area contributed by atoms with Crippen molar-refractivity contribution in [1.29, 1.82) is 0 Å². The van der Waals surface area contributed by atoms with Gasteiger partial charge in [0.05, 0.1) is 0 Å². The molecule has 4 rings (SSSR count). The molecule has 2 N–H and O–H groups in total. The van der Waals surface area contributed by atoms with Crippen LogP contribution in [0.4, 0.5) is 5.69 Å². The van der Waals surface area contributed by atoms with Crippen LogP contribution in [0, 0.1) is 6.92 Å². The van der Waals surface area contributed by atoms with Crippen LogP contribution in [0.3, 0.4) is 0 Å². The van der Waals surface area contributed by atoms with E-state index in [0.29, 0.717) is 23.6 Å². The molecule has 1 atom stereocenters. The van der Waals surface area contributed by atoms with Crippen molar-refractivity contribution < 1.29 is 17.7 Å². The van der Waals surface area contributed by atoms with E-state index in [-0.39, 0.29) is 16.2 Å². The van der Waals surface area contributed by atoms with Crippen molar-refractivity contribution in [2.24, 2.45) is 0 Å². The highest BCUT2D eigenvalue weighted by molar-refractivity contribution is 7.91. The van der Waals surface area contributed by atoms with Gasteiger partial charge in [-0.15, -0.1) is 11.3 Å². The number of benzene rings is 1. The summed E-state index contributed by atoms with van der Waals surface area (Å²) in [6.07, 6.45) is 6.49. The SMILES string of the molecule is CCC(=O)Nc1c(C)noc1C=Cc1ccc(S(=O)(=O)NC2CCCc3ccccc32)s1. The van der Waals surface area contributed by atoms with Gasteiger partial charge in [0.15, 0.2) is 5.76 Å². The highest BCUT2D eigenvalue weighted by Crippen LogP contribution is 2.32. The van der Waals surface area contributed by atoms with E-state index < -0.39 is 10.0 Å². The number of nitrogens with zero attached hydrogens (tertiary/aromatic N) is 1. The van der Waals surface area contributed by atoms with Gasteiger partial charge in [-0.3, -0.25) is 4.79 Å². The van der Waals surface area contributed by atoms with E-state index in [1.165, 1.54) is 16.9 Å². The first-order chi connectivity index (χ1) is 15.4. The number of anilines is 1. The summed E-state index contributed by atoms with van der Waals surface area (Å²) in [5, 5.41) is 6.68. The summed E-state index contributed by atoms with van der Waals surface area (Å²) in [6.45, 7) is 3.51. The summed E-state index contributed by atoms with van der Waals surface area (Å²) in [4.78, 5) is 12.5. The molecule has 0 bridgehead atoms. The van der Waals surface area contributed by atoms with Crippen LogP contribution in [0.2, 0.25) is 0 Å². The maximum atomic E-state index is 13.0. The first kappa shape index (κ1) is 22.4. The molecule has 1 aliphatic carbocycles. The molecule has 0 radical (unpaired) electrons. The Morgan fingerprint density at radius 2 is 2.06 bits per heavy atom. The zero-order valence-electron chi connectivity index (χ0n) is 17.9. The van der Waals surface area contributed by atoms with Crippen molar-refractivity contribution >= 4 is 45.1 Å². The van der Waals surface area contributed by atoms with Crippen molar-refractivity contribution in [3.63, 3.8) is 0 Å². The van der Waals surface area contributed by atoms with Gasteiger partial charge in [-0.25, -0.2) is 13.1 Å². The van der Waals surface area contributed by atoms with Crippen LogP contribution in [-0.4, -0.2) is 19.5 Å².